The van der Waals surface area contributed by atoms with Crippen molar-refractivity contribution in [2.75, 3.05) is 23.8 Å². The van der Waals surface area contributed by atoms with Gasteiger partial charge in [0.1, 0.15) is 6.42 Å². The van der Waals surface area contributed by atoms with Gasteiger partial charge in [-0.1, -0.05) is 0 Å². The van der Waals surface area contributed by atoms with E-state index in [1.165, 1.54) is 0 Å². The Bertz CT molecular complexity index is 1770. The molecule has 53 heavy (non-hydrogen) atoms. The van der Waals surface area contributed by atoms with Gasteiger partial charge in [-0.3, -0.25) is 28.8 Å². The normalized spacial score (nSPS) is 18.8. The summed E-state index contributed by atoms with van der Waals surface area (Å²) in [5.41, 5.74) is 12.3. The molecule has 2 fully saturated rings. The largest absolute Gasteiger partial charge is 0.366 e. The molecule has 0 radical (unpaired) electrons. The van der Waals surface area contributed by atoms with E-state index in [0.29, 0.717) is 47.5 Å². The number of carbonyl (C=O) groups excluding carboxylic acids is 6. The van der Waals surface area contributed by atoms with Gasteiger partial charge in [-0.2, -0.15) is 0 Å². The molecule has 0 aliphatic carbocycles. The standard InChI is InChI=1S/C33H34I6N4O10/c1-32(2)50-10-12(52-32)5-7-14(44)18-22(34)20(30(40)48)26(38)28(24(18)36)42-16(46)9-17(47)43-29-25(37)19(23(35)21(27(29)39)31(41)49)15(45)8-6-13-11-51-33(3,4)53-13/h12-13H,5-11H2,1-4H3,(H2,40,48)(H2,41,49)(H,42,46)(H,43,47). The van der Waals surface area contributed by atoms with Gasteiger partial charge < -0.3 is 41.0 Å². The first-order valence-corrected chi connectivity index (χ1v) is 22.3. The summed E-state index contributed by atoms with van der Waals surface area (Å²) in [6.45, 7) is 7.83. The zero-order valence-electron chi connectivity index (χ0n) is 28.6. The summed E-state index contributed by atoms with van der Waals surface area (Å²) in [4.78, 5) is 79.1. The van der Waals surface area contributed by atoms with Crippen LogP contribution in [0.25, 0.3) is 0 Å². The van der Waals surface area contributed by atoms with E-state index >= 15 is 0 Å². The molecule has 2 aliphatic rings. The van der Waals surface area contributed by atoms with E-state index in [0.717, 1.165) is 0 Å². The Kier molecular flexibility index (Phi) is 16.0. The van der Waals surface area contributed by atoms with E-state index in [-0.39, 0.29) is 70.2 Å². The van der Waals surface area contributed by atoms with Crippen LogP contribution in [-0.4, -0.2) is 72.2 Å². The van der Waals surface area contributed by atoms with Crippen LogP contribution in [-0.2, 0) is 28.5 Å². The first kappa shape index (κ1) is 45.6. The average Bonchev–Trinajstić information content (AvgIpc) is 3.57. The van der Waals surface area contributed by atoms with Crippen LogP contribution < -0.4 is 22.1 Å². The Balaban J connectivity index is 1.56. The van der Waals surface area contributed by atoms with E-state index in [1.54, 1.807) is 27.7 Å². The summed E-state index contributed by atoms with van der Waals surface area (Å²) in [5, 5.41) is 5.38. The number of hydrogen-bond acceptors (Lipinski definition) is 10. The summed E-state index contributed by atoms with van der Waals surface area (Å²) < 4.78 is 24.9. The molecular formula is C33H34I6N4O10. The Morgan fingerprint density at radius 1 is 0.585 bits per heavy atom. The van der Waals surface area contributed by atoms with Gasteiger partial charge in [-0.25, -0.2) is 0 Å². The molecule has 20 heteroatoms. The molecule has 2 heterocycles. The quantitative estimate of drug-likeness (QED) is 0.0892. The van der Waals surface area contributed by atoms with Gasteiger partial charge in [0.25, 0.3) is 11.8 Å². The van der Waals surface area contributed by atoms with E-state index < -0.39 is 41.6 Å². The van der Waals surface area contributed by atoms with Crippen LogP contribution in [0.2, 0.25) is 0 Å². The third-order valence-electron chi connectivity index (χ3n) is 8.06. The highest BCUT2D eigenvalue weighted by atomic mass is 127. The van der Waals surface area contributed by atoms with Crippen molar-refractivity contribution in [1.82, 2.24) is 0 Å². The number of nitrogens with one attached hydrogen (secondary N) is 2. The fraction of sp³-hybridized carbons (Fsp3) is 0.455. The number of Topliss-reactive ketones (excluding diaryl/α,β-unsaturated/α-hetero) is 2. The van der Waals surface area contributed by atoms with E-state index in [2.05, 4.69) is 10.6 Å². The topological polar surface area (TPSA) is 215 Å². The SMILES string of the molecule is CC1(C)OCC(CCC(=O)c2c(I)c(NC(=O)CC(=O)Nc3c(I)c(C(N)=O)c(I)c(C(=O)CCC4COC(C)(C)O4)c3I)c(I)c(C(N)=O)c2I)O1. The predicted octanol–water partition coefficient (Wildman–Crippen LogP) is 6.71. The molecule has 0 spiro atoms. The minimum Gasteiger partial charge on any atom is -0.366 e. The summed E-state index contributed by atoms with van der Waals surface area (Å²) in [6.07, 6.45) is -0.363. The van der Waals surface area contributed by atoms with Crippen molar-refractivity contribution in [1.29, 1.82) is 0 Å². The summed E-state index contributed by atoms with van der Waals surface area (Å²) >= 11 is 11.4. The number of rotatable bonds is 14. The van der Waals surface area contributed by atoms with Crippen LogP contribution in [0.1, 0.15) is 101 Å². The molecule has 2 saturated heterocycles. The monoisotopic (exact) mass is 1410 g/mol. The molecule has 6 N–H and O–H groups in total. The molecule has 2 aliphatic heterocycles. The van der Waals surface area contributed by atoms with Crippen LogP contribution in [0, 0.1) is 21.4 Å². The number of nitrogens with two attached hydrogens (primary N) is 2. The lowest BCUT2D eigenvalue weighted by Crippen LogP contribution is -2.27. The lowest BCUT2D eigenvalue weighted by Gasteiger charge is -2.20. The Morgan fingerprint density at radius 2 is 0.906 bits per heavy atom. The van der Waals surface area contributed by atoms with Crippen LogP contribution in [0.15, 0.2) is 0 Å². The van der Waals surface area contributed by atoms with E-state index in [4.69, 9.17) is 30.4 Å². The lowest BCUT2D eigenvalue weighted by atomic mass is 10.0. The summed E-state index contributed by atoms with van der Waals surface area (Å²) in [6, 6.07) is 0. The van der Waals surface area contributed by atoms with Crippen molar-refractivity contribution < 1.29 is 47.7 Å². The maximum Gasteiger partial charge on any atom is 0.250 e. The second-order valence-electron chi connectivity index (χ2n) is 13.0. The van der Waals surface area contributed by atoms with Gasteiger partial charge in [0, 0.05) is 38.2 Å². The zero-order chi connectivity index (χ0) is 39.7. The van der Waals surface area contributed by atoms with Gasteiger partial charge in [0.2, 0.25) is 11.8 Å². The van der Waals surface area contributed by atoms with Gasteiger partial charge >= 0.3 is 0 Å². The Labute approximate surface area is 387 Å². The molecular weight excluding hydrogens is 1370 g/mol. The first-order valence-electron chi connectivity index (χ1n) is 15.8. The first-order chi connectivity index (χ1) is 24.5. The molecule has 2 aromatic carbocycles. The molecule has 4 amide bonds. The van der Waals surface area contributed by atoms with Crippen LogP contribution in [0.3, 0.4) is 0 Å². The number of ketones is 2. The van der Waals surface area contributed by atoms with Crippen molar-refractivity contribution in [3.63, 3.8) is 0 Å². The number of ether oxygens (including phenoxy) is 4. The summed E-state index contributed by atoms with van der Waals surface area (Å²) in [7, 11) is 0. The molecule has 0 bridgehead atoms. The number of benzene rings is 2. The van der Waals surface area contributed by atoms with Crippen LogP contribution in [0.4, 0.5) is 11.4 Å². The number of halogens is 6. The lowest BCUT2D eigenvalue weighted by molar-refractivity contribution is -0.139. The summed E-state index contributed by atoms with van der Waals surface area (Å²) in [5.74, 6) is -5.17. The smallest absolute Gasteiger partial charge is 0.250 e. The van der Waals surface area contributed by atoms with Crippen LogP contribution in [0.5, 0.6) is 0 Å². The minimum atomic E-state index is -0.793. The van der Waals surface area contributed by atoms with Crippen molar-refractivity contribution in [3.05, 3.63) is 43.7 Å². The van der Waals surface area contributed by atoms with Crippen molar-refractivity contribution in [3.8, 4) is 0 Å². The fourth-order valence-corrected chi connectivity index (χ4v) is 14.8. The van der Waals surface area contributed by atoms with Gasteiger partial charge in [-0.15, -0.1) is 0 Å². The zero-order valence-corrected chi connectivity index (χ0v) is 41.6. The molecule has 2 unspecified atom stereocenters. The average molecular weight is 1410 g/mol. The molecule has 0 saturated carbocycles. The van der Waals surface area contributed by atoms with Gasteiger partial charge in [0.05, 0.1) is 55.1 Å². The van der Waals surface area contributed by atoms with Gasteiger partial charge in [0.15, 0.2) is 23.1 Å². The highest BCUT2D eigenvalue weighted by molar-refractivity contribution is 14.1. The molecule has 2 atom stereocenters. The van der Waals surface area contributed by atoms with Crippen molar-refractivity contribution in [2.24, 2.45) is 11.5 Å². The number of anilines is 2. The third-order valence-corrected chi connectivity index (χ3v) is 14.5. The second kappa shape index (κ2) is 18.6. The van der Waals surface area contributed by atoms with Crippen molar-refractivity contribution in [2.45, 2.75) is 83.6 Å². The second-order valence-corrected chi connectivity index (χ2v) is 19.4. The van der Waals surface area contributed by atoms with Crippen molar-refractivity contribution >= 4 is 182 Å². The third kappa shape index (κ3) is 11.1. The Morgan fingerprint density at radius 3 is 1.19 bits per heavy atom. The molecule has 14 nitrogen and oxygen atoms in total. The predicted molar refractivity (Wildman–Crippen MR) is 245 cm³/mol. The molecule has 288 valence electrons. The molecule has 2 aromatic rings. The number of primary amides is 2. The van der Waals surface area contributed by atoms with E-state index in [9.17, 15) is 28.8 Å². The molecule has 0 aromatic heterocycles. The van der Waals surface area contributed by atoms with Crippen LogP contribution >= 0.6 is 136 Å². The number of amides is 4. The highest BCUT2D eigenvalue weighted by Gasteiger charge is 2.36. The molecule has 4 rings (SSSR count). The highest BCUT2D eigenvalue weighted by Crippen LogP contribution is 2.39. The number of hydrogen-bond donors (Lipinski definition) is 4. The van der Waals surface area contributed by atoms with Gasteiger partial charge in [-0.05, 0) is 176 Å². The Hall–Kier alpha value is -0.120. The maximum atomic E-state index is 13.6. The number of carbonyl (C=O) groups is 6. The van der Waals surface area contributed by atoms with E-state index in [1.807, 2.05) is 136 Å². The minimum absolute atomic E-state index is 0.0613. The fourth-order valence-electron chi connectivity index (χ4n) is 5.63. The maximum absolute atomic E-state index is 13.6.